The summed E-state index contributed by atoms with van der Waals surface area (Å²) < 4.78 is 14.3. The van der Waals surface area contributed by atoms with E-state index in [9.17, 15) is 9.18 Å². The summed E-state index contributed by atoms with van der Waals surface area (Å²) >= 11 is 0. The molecule has 8 heteroatoms. The molecule has 0 unspecified atom stereocenters. The van der Waals surface area contributed by atoms with Crippen LogP contribution in [-0.2, 0) is 4.79 Å². The van der Waals surface area contributed by atoms with E-state index in [1.54, 1.807) is 36.8 Å². The van der Waals surface area contributed by atoms with Crippen molar-refractivity contribution in [3.05, 3.63) is 77.5 Å². The van der Waals surface area contributed by atoms with Crippen LogP contribution >= 0.6 is 0 Å². The molecule has 7 nitrogen and oxygen atoms in total. The first-order valence-electron chi connectivity index (χ1n) is 9.68. The van der Waals surface area contributed by atoms with Gasteiger partial charge in [0.25, 0.3) is 0 Å². The highest BCUT2D eigenvalue weighted by atomic mass is 19.1. The monoisotopic (exact) mass is 418 g/mol. The average Bonchev–Trinajstić information content (AvgIpc) is 3.59. The number of hydrogen-bond donors (Lipinski definition) is 5. The van der Waals surface area contributed by atoms with E-state index in [0.29, 0.717) is 22.7 Å². The minimum absolute atomic E-state index is 0.0150. The van der Waals surface area contributed by atoms with Crippen LogP contribution in [0.3, 0.4) is 0 Å². The molecule has 158 valence electrons. The van der Waals surface area contributed by atoms with Crippen molar-refractivity contribution in [2.45, 2.75) is 18.9 Å². The number of nitrogens with zero attached hydrogens (tertiary/aromatic N) is 1. The molecule has 1 saturated carbocycles. The molecule has 0 atom stereocenters. The first-order chi connectivity index (χ1) is 15.0. The van der Waals surface area contributed by atoms with Crippen LogP contribution in [0.4, 0.5) is 10.1 Å². The Labute approximate surface area is 179 Å². The number of carbonyl (C=O) groups is 1. The van der Waals surface area contributed by atoms with Crippen molar-refractivity contribution < 1.29 is 9.18 Å². The quantitative estimate of drug-likeness (QED) is 0.315. The van der Waals surface area contributed by atoms with Crippen LogP contribution in [0.15, 0.2) is 55.0 Å². The minimum atomic E-state index is -0.636. The van der Waals surface area contributed by atoms with Crippen molar-refractivity contribution in [1.82, 2.24) is 10.3 Å². The zero-order valence-corrected chi connectivity index (χ0v) is 16.7. The number of nitrogens with one attached hydrogen (secondary N) is 4. The molecular weight excluding hydrogens is 395 g/mol. The van der Waals surface area contributed by atoms with Crippen molar-refractivity contribution in [1.29, 1.82) is 10.8 Å². The summed E-state index contributed by atoms with van der Waals surface area (Å²) in [6.07, 6.45) is 13.7. The summed E-state index contributed by atoms with van der Waals surface area (Å²) in [6.45, 7) is 0. The van der Waals surface area contributed by atoms with Crippen molar-refractivity contribution in [3.63, 3.8) is 0 Å². The fourth-order valence-electron chi connectivity index (χ4n) is 2.78. The predicted molar refractivity (Wildman–Crippen MR) is 122 cm³/mol. The number of halogens is 1. The molecule has 1 aliphatic carbocycles. The Bertz CT molecular complexity index is 1090. The van der Waals surface area contributed by atoms with Crippen molar-refractivity contribution >= 4 is 41.4 Å². The third-order valence-electron chi connectivity index (χ3n) is 4.61. The molecule has 1 aliphatic rings. The first kappa shape index (κ1) is 21.6. The number of nitrogens with two attached hydrogens (primary N) is 1. The predicted octanol–water partition coefficient (Wildman–Crippen LogP) is 3.56. The molecule has 0 spiro atoms. The zero-order chi connectivity index (χ0) is 22.2. The first-order valence-corrected chi connectivity index (χ1v) is 9.68. The van der Waals surface area contributed by atoms with Crippen LogP contribution in [0, 0.1) is 16.6 Å². The second-order valence-electron chi connectivity index (χ2n) is 6.95. The lowest BCUT2D eigenvalue weighted by Gasteiger charge is -2.08. The summed E-state index contributed by atoms with van der Waals surface area (Å²) in [7, 11) is 0. The van der Waals surface area contributed by atoms with Gasteiger partial charge in [0.05, 0.1) is 5.69 Å². The Morgan fingerprint density at radius 2 is 2.06 bits per heavy atom. The largest absolute Gasteiger partial charge is 0.398 e. The average molecular weight is 418 g/mol. The van der Waals surface area contributed by atoms with Crippen molar-refractivity contribution in [3.8, 4) is 0 Å². The lowest BCUT2D eigenvalue weighted by Crippen LogP contribution is -2.10. The lowest BCUT2D eigenvalue weighted by molar-refractivity contribution is -0.111. The molecule has 6 N–H and O–H groups in total. The summed E-state index contributed by atoms with van der Waals surface area (Å²) in [4.78, 5) is 16.4. The number of benzene rings is 1. The molecule has 0 radical (unpaired) electrons. The fraction of sp³-hybridized carbons (Fsp3) is 0.130. The van der Waals surface area contributed by atoms with Crippen LogP contribution in [0.1, 0.15) is 29.5 Å². The van der Waals surface area contributed by atoms with E-state index >= 15 is 0 Å². The number of hydrogen-bond acceptors (Lipinski definition) is 6. The summed E-state index contributed by atoms with van der Waals surface area (Å²) in [5.41, 5.74) is 8.51. The van der Waals surface area contributed by atoms with E-state index in [2.05, 4.69) is 15.6 Å². The highest BCUT2D eigenvalue weighted by Gasteiger charge is 2.19. The number of amides is 1. The highest BCUT2D eigenvalue weighted by Crippen LogP contribution is 2.22. The Hall–Kier alpha value is -4.07. The standard InChI is InChI=1S/C23H23FN6O/c24-20-11-15(21(27)7-9-25)1-5-22(20)30-23(31)6-2-16-13-28-10-8-19(16)17(12-26)14-29-18-3-4-18/h1-2,5-14,18,25-26,29H,3-4,27H2,(H,30,31)/b6-2+,17-14+,21-7-,25-9?,26-12?. The van der Waals surface area contributed by atoms with Crippen LogP contribution in [0.5, 0.6) is 0 Å². The number of allylic oxidation sites excluding steroid dienone is 2. The smallest absolute Gasteiger partial charge is 0.248 e. The topological polar surface area (TPSA) is 128 Å². The van der Waals surface area contributed by atoms with E-state index in [1.165, 1.54) is 30.5 Å². The van der Waals surface area contributed by atoms with Gasteiger partial charge in [-0.1, -0.05) is 6.07 Å². The second-order valence-corrected chi connectivity index (χ2v) is 6.95. The lowest BCUT2D eigenvalue weighted by atomic mass is 10.0. The van der Waals surface area contributed by atoms with Gasteiger partial charge >= 0.3 is 0 Å². The molecule has 2 aromatic rings. The third-order valence-corrected chi connectivity index (χ3v) is 4.61. The van der Waals surface area contributed by atoms with Gasteiger partial charge in [-0.05, 0) is 48.8 Å². The van der Waals surface area contributed by atoms with Gasteiger partial charge < -0.3 is 27.2 Å². The molecule has 3 rings (SSSR count). The number of anilines is 1. The van der Waals surface area contributed by atoms with Crippen LogP contribution in [-0.4, -0.2) is 29.4 Å². The van der Waals surface area contributed by atoms with Crippen molar-refractivity contribution in [2.24, 2.45) is 5.73 Å². The van der Waals surface area contributed by atoms with Crippen LogP contribution < -0.4 is 16.4 Å². The summed E-state index contributed by atoms with van der Waals surface area (Å²) in [6, 6.07) is 6.40. The van der Waals surface area contributed by atoms with E-state index in [4.69, 9.17) is 16.6 Å². The van der Waals surface area contributed by atoms with Gasteiger partial charge in [-0.15, -0.1) is 0 Å². The van der Waals surface area contributed by atoms with E-state index in [0.717, 1.165) is 24.6 Å². The van der Waals surface area contributed by atoms with Gasteiger partial charge in [-0.3, -0.25) is 9.78 Å². The Kier molecular flexibility index (Phi) is 7.05. The minimum Gasteiger partial charge on any atom is -0.398 e. The normalized spacial score (nSPS) is 14.4. The summed E-state index contributed by atoms with van der Waals surface area (Å²) in [5, 5.41) is 20.5. The van der Waals surface area contributed by atoms with Gasteiger partial charge in [0.15, 0.2) is 0 Å². The molecule has 1 amide bonds. The SMILES string of the molecule is N=C/C=C(\N)c1ccc(NC(=O)/C=C/c2cnccc2/C(C=N)=C/NC2CC2)c(F)c1. The summed E-state index contributed by atoms with van der Waals surface area (Å²) in [5.74, 6) is -1.15. The molecule has 31 heavy (non-hydrogen) atoms. The maximum atomic E-state index is 14.3. The molecule has 1 fully saturated rings. The molecule has 1 heterocycles. The van der Waals surface area contributed by atoms with E-state index in [-0.39, 0.29) is 11.4 Å². The Morgan fingerprint density at radius 3 is 2.74 bits per heavy atom. The molecule has 1 aromatic carbocycles. The van der Waals surface area contributed by atoms with Crippen LogP contribution in [0.25, 0.3) is 17.3 Å². The van der Waals surface area contributed by atoms with Gasteiger partial charge in [0.1, 0.15) is 5.82 Å². The van der Waals surface area contributed by atoms with E-state index in [1.807, 2.05) is 0 Å². The second kappa shape index (κ2) is 10.1. The van der Waals surface area contributed by atoms with Gasteiger partial charge in [0, 0.05) is 65.5 Å². The molecule has 0 aliphatic heterocycles. The van der Waals surface area contributed by atoms with Gasteiger partial charge in [0.2, 0.25) is 5.91 Å². The molecule has 0 saturated heterocycles. The maximum absolute atomic E-state index is 14.3. The van der Waals surface area contributed by atoms with Crippen molar-refractivity contribution in [2.75, 3.05) is 5.32 Å². The molecule has 0 bridgehead atoms. The number of rotatable bonds is 9. The Balaban J connectivity index is 1.73. The highest BCUT2D eigenvalue weighted by molar-refractivity contribution is 6.10. The van der Waals surface area contributed by atoms with Gasteiger partial charge in [-0.2, -0.15) is 0 Å². The third kappa shape index (κ3) is 5.96. The van der Waals surface area contributed by atoms with Crippen LogP contribution in [0.2, 0.25) is 0 Å². The number of carbonyl (C=O) groups excluding carboxylic acids is 1. The number of pyridine rings is 1. The zero-order valence-electron chi connectivity index (χ0n) is 16.7. The molecular formula is C23H23FN6O. The van der Waals surface area contributed by atoms with E-state index < -0.39 is 11.7 Å². The maximum Gasteiger partial charge on any atom is 0.248 e. The van der Waals surface area contributed by atoms with Gasteiger partial charge in [-0.25, -0.2) is 4.39 Å². The molecule has 1 aromatic heterocycles. The fourth-order valence-corrected chi connectivity index (χ4v) is 2.78. The Morgan fingerprint density at radius 1 is 1.26 bits per heavy atom. The number of aromatic nitrogens is 1.